The molecule has 3 heterocycles. The molecule has 144 valence electrons. The van der Waals surface area contributed by atoms with Crippen LogP contribution in [0.3, 0.4) is 0 Å². The Bertz CT molecular complexity index is 827. The molecule has 27 heavy (non-hydrogen) atoms. The maximum atomic E-state index is 12.4. The molecule has 2 saturated heterocycles. The standard InChI is InChI=1S/C21H28N4O2/c1-27-16-8-6-7-15(11-16)17-13-22-14-18(17)19-12-20(26)24-21(23-19)25-9-4-2-3-5-10-25/h6-8,11-12,17-18,22H,2-5,9-10,13-14H2,1H3,(H,23,24,26)/t17-,18+/m0/s1. The van der Waals surface area contributed by atoms with E-state index >= 15 is 0 Å². The summed E-state index contributed by atoms with van der Waals surface area (Å²) < 4.78 is 5.39. The van der Waals surface area contributed by atoms with Crippen LogP contribution in [0.2, 0.25) is 0 Å². The van der Waals surface area contributed by atoms with Gasteiger partial charge in [0.05, 0.1) is 12.8 Å². The number of aromatic nitrogens is 2. The second-order valence-corrected chi connectivity index (χ2v) is 7.54. The molecule has 2 aliphatic heterocycles. The number of methoxy groups -OCH3 is 1. The van der Waals surface area contributed by atoms with Crippen molar-refractivity contribution in [3.05, 3.63) is 51.9 Å². The molecule has 0 spiro atoms. The van der Waals surface area contributed by atoms with Gasteiger partial charge in [-0.1, -0.05) is 25.0 Å². The van der Waals surface area contributed by atoms with Crippen molar-refractivity contribution in [3.63, 3.8) is 0 Å². The number of nitrogens with zero attached hydrogens (tertiary/aromatic N) is 2. The molecule has 1 aromatic carbocycles. The molecule has 0 unspecified atom stereocenters. The van der Waals surface area contributed by atoms with E-state index in [1.807, 2.05) is 12.1 Å². The number of nitrogens with one attached hydrogen (secondary N) is 2. The maximum Gasteiger partial charge on any atom is 0.252 e. The van der Waals surface area contributed by atoms with Crippen LogP contribution in [0, 0.1) is 0 Å². The molecule has 6 nitrogen and oxygen atoms in total. The number of rotatable bonds is 4. The Balaban J connectivity index is 1.64. The predicted octanol–water partition coefficient (Wildman–Crippen LogP) is 2.63. The lowest BCUT2D eigenvalue weighted by Gasteiger charge is -2.23. The van der Waals surface area contributed by atoms with Crippen molar-refractivity contribution in [2.45, 2.75) is 37.5 Å². The van der Waals surface area contributed by atoms with Crippen LogP contribution in [-0.2, 0) is 0 Å². The fourth-order valence-corrected chi connectivity index (χ4v) is 4.30. The van der Waals surface area contributed by atoms with Gasteiger partial charge in [0.1, 0.15) is 5.75 Å². The van der Waals surface area contributed by atoms with Gasteiger partial charge >= 0.3 is 0 Å². The van der Waals surface area contributed by atoms with Crippen LogP contribution >= 0.6 is 0 Å². The summed E-state index contributed by atoms with van der Waals surface area (Å²) in [6, 6.07) is 9.89. The fraction of sp³-hybridized carbons (Fsp3) is 0.524. The van der Waals surface area contributed by atoms with Crippen molar-refractivity contribution < 1.29 is 4.74 Å². The van der Waals surface area contributed by atoms with Gasteiger partial charge in [-0.25, -0.2) is 4.98 Å². The fourth-order valence-electron chi connectivity index (χ4n) is 4.30. The zero-order valence-corrected chi connectivity index (χ0v) is 15.9. The second kappa shape index (κ2) is 8.13. The summed E-state index contributed by atoms with van der Waals surface area (Å²) in [5.41, 5.74) is 2.05. The van der Waals surface area contributed by atoms with E-state index in [9.17, 15) is 4.79 Å². The van der Waals surface area contributed by atoms with Gasteiger partial charge in [-0.15, -0.1) is 0 Å². The Morgan fingerprint density at radius 1 is 1.07 bits per heavy atom. The summed E-state index contributed by atoms with van der Waals surface area (Å²) in [6.45, 7) is 3.65. The van der Waals surface area contributed by atoms with Crippen molar-refractivity contribution in [2.24, 2.45) is 0 Å². The van der Waals surface area contributed by atoms with Crippen LogP contribution in [0.5, 0.6) is 5.75 Å². The van der Waals surface area contributed by atoms with E-state index in [1.165, 1.54) is 18.4 Å². The Morgan fingerprint density at radius 2 is 1.85 bits per heavy atom. The Morgan fingerprint density at radius 3 is 2.63 bits per heavy atom. The van der Waals surface area contributed by atoms with E-state index in [0.717, 1.165) is 56.4 Å². The molecule has 2 aromatic rings. The number of hydrogen-bond donors (Lipinski definition) is 2. The van der Waals surface area contributed by atoms with Crippen molar-refractivity contribution in [2.75, 3.05) is 38.2 Å². The highest BCUT2D eigenvalue weighted by Crippen LogP contribution is 2.36. The molecule has 0 radical (unpaired) electrons. The minimum Gasteiger partial charge on any atom is -0.497 e. The zero-order valence-electron chi connectivity index (χ0n) is 15.9. The lowest BCUT2D eigenvalue weighted by Crippen LogP contribution is -2.29. The molecule has 2 N–H and O–H groups in total. The molecule has 2 atom stereocenters. The highest BCUT2D eigenvalue weighted by atomic mass is 16.5. The molecular weight excluding hydrogens is 340 g/mol. The van der Waals surface area contributed by atoms with E-state index in [4.69, 9.17) is 9.72 Å². The minimum atomic E-state index is -0.0597. The quantitative estimate of drug-likeness (QED) is 0.868. The summed E-state index contributed by atoms with van der Waals surface area (Å²) in [5.74, 6) is 2.06. The molecule has 6 heteroatoms. The molecule has 2 fully saturated rings. The van der Waals surface area contributed by atoms with Gasteiger partial charge in [0, 0.05) is 44.1 Å². The van der Waals surface area contributed by atoms with Gasteiger partial charge in [-0.05, 0) is 30.5 Å². The number of H-pyrrole nitrogens is 1. The highest BCUT2D eigenvalue weighted by molar-refractivity contribution is 5.37. The molecule has 2 aliphatic rings. The summed E-state index contributed by atoms with van der Waals surface area (Å²) in [5, 5.41) is 3.48. The molecule has 1 aromatic heterocycles. The van der Waals surface area contributed by atoms with Gasteiger partial charge in [0.25, 0.3) is 5.56 Å². The molecule has 0 bridgehead atoms. The second-order valence-electron chi connectivity index (χ2n) is 7.54. The SMILES string of the molecule is COc1cccc([C@@H]2CNC[C@H]2c2cc(=O)[nH]c(N3CCCCCC3)n2)c1. The van der Waals surface area contributed by atoms with Crippen LogP contribution in [-0.4, -0.2) is 43.3 Å². The lowest BCUT2D eigenvalue weighted by atomic mass is 9.86. The normalized spacial score (nSPS) is 23.2. The van der Waals surface area contributed by atoms with Gasteiger partial charge in [-0.3, -0.25) is 9.78 Å². The Hall–Kier alpha value is -2.34. The first-order chi connectivity index (χ1) is 13.2. The van der Waals surface area contributed by atoms with Gasteiger partial charge in [0.15, 0.2) is 0 Å². The first kappa shape index (κ1) is 18.0. The van der Waals surface area contributed by atoms with Crippen molar-refractivity contribution in [1.82, 2.24) is 15.3 Å². The van der Waals surface area contributed by atoms with E-state index in [-0.39, 0.29) is 17.4 Å². The summed E-state index contributed by atoms with van der Waals surface area (Å²) >= 11 is 0. The van der Waals surface area contributed by atoms with Crippen molar-refractivity contribution >= 4 is 5.95 Å². The van der Waals surface area contributed by atoms with E-state index in [0.29, 0.717) is 0 Å². The Labute approximate surface area is 160 Å². The molecule has 0 amide bonds. The average Bonchev–Trinajstić information content (AvgIpc) is 3.03. The lowest BCUT2D eigenvalue weighted by molar-refractivity contribution is 0.413. The van der Waals surface area contributed by atoms with Crippen LogP contribution in [0.25, 0.3) is 0 Å². The highest BCUT2D eigenvalue weighted by Gasteiger charge is 2.32. The monoisotopic (exact) mass is 368 g/mol. The van der Waals surface area contributed by atoms with Crippen LogP contribution < -0.4 is 20.5 Å². The number of benzene rings is 1. The zero-order chi connectivity index (χ0) is 18.6. The molecule has 0 aliphatic carbocycles. The van der Waals surface area contributed by atoms with Crippen LogP contribution in [0.1, 0.15) is 48.8 Å². The van der Waals surface area contributed by atoms with E-state index < -0.39 is 0 Å². The first-order valence-electron chi connectivity index (χ1n) is 9.95. The smallest absolute Gasteiger partial charge is 0.252 e. The largest absolute Gasteiger partial charge is 0.497 e. The van der Waals surface area contributed by atoms with Crippen molar-refractivity contribution in [3.8, 4) is 5.75 Å². The van der Waals surface area contributed by atoms with Crippen LogP contribution in [0.4, 0.5) is 5.95 Å². The molecular formula is C21H28N4O2. The maximum absolute atomic E-state index is 12.4. The number of aromatic amines is 1. The van der Waals surface area contributed by atoms with Gasteiger partial charge in [-0.2, -0.15) is 0 Å². The van der Waals surface area contributed by atoms with Gasteiger partial charge < -0.3 is 15.0 Å². The van der Waals surface area contributed by atoms with Crippen molar-refractivity contribution in [1.29, 1.82) is 0 Å². The molecule has 0 saturated carbocycles. The summed E-state index contributed by atoms with van der Waals surface area (Å²) in [4.78, 5) is 22.5. The third-order valence-corrected chi connectivity index (χ3v) is 5.77. The number of anilines is 1. The van der Waals surface area contributed by atoms with E-state index in [2.05, 4.69) is 27.3 Å². The summed E-state index contributed by atoms with van der Waals surface area (Å²) in [7, 11) is 1.69. The molecule has 4 rings (SSSR count). The number of hydrogen-bond acceptors (Lipinski definition) is 5. The predicted molar refractivity (Wildman–Crippen MR) is 107 cm³/mol. The average molecular weight is 368 g/mol. The third-order valence-electron chi connectivity index (χ3n) is 5.77. The minimum absolute atomic E-state index is 0.0597. The number of ether oxygens (including phenoxy) is 1. The van der Waals surface area contributed by atoms with E-state index in [1.54, 1.807) is 13.2 Å². The topological polar surface area (TPSA) is 70.2 Å². The Kier molecular flexibility index (Phi) is 5.43. The first-order valence-corrected chi connectivity index (χ1v) is 9.95. The van der Waals surface area contributed by atoms with Gasteiger partial charge in [0.2, 0.25) is 5.95 Å². The van der Waals surface area contributed by atoms with Crippen LogP contribution in [0.15, 0.2) is 35.1 Å². The third kappa shape index (κ3) is 4.00. The summed E-state index contributed by atoms with van der Waals surface area (Å²) in [6.07, 6.45) is 4.83.